The molecule has 0 aliphatic carbocycles. The highest BCUT2D eigenvalue weighted by atomic mass is 16.5. The molecule has 0 radical (unpaired) electrons. The number of hydrogen-bond acceptors (Lipinski definition) is 5. The Labute approximate surface area is 125 Å². The minimum Gasteiger partial charge on any atom is -0.491 e. The summed E-state index contributed by atoms with van der Waals surface area (Å²) in [5.41, 5.74) is 0.190. The van der Waals surface area contributed by atoms with Gasteiger partial charge in [-0.3, -0.25) is 0 Å². The molecule has 5 nitrogen and oxygen atoms in total. The topological polar surface area (TPSA) is 60.0 Å². The van der Waals surface area contributed by atoms with Crippen LogP contribution in [0.4, 0.5) is 0 Å². The molecule has 1 aromatic rings. The predicted molar refractivity (Wildman–Crippen MR) is 78.5 cm³/mol. The van der Waals surface area contributed by atoms with Crippen LogP contribution in [0.1, 0.15) is 18.4 Å². The smallest absolute Gasteiger partial charge is 0.119 e. The number of methoxy groups -OCH3 is 1. The summed E-state index contributed by atoms with van der Waals surface area (Å²) < 4.78 is 16.0. The van der Waals surface area contributed by atoms with E-state index >= 15 is 0 Å². The zero-order valence-corrected chi connectivity index (χ0v) is 12.4. The highest BCUT2D eigenvalue weighted by Gasteiger charge is 2.42. The van der Waals surface area contributed by atoms with E-state index in [-0.39, 0.29) is 12.1 Å². The van der Waals surface area contributed by atoms with E-state index in [1.807, 2.05) is 24.3 Å². The molecule has 2 fully saturated rings. The molecule has 2 aliphatic heterocycles. The first-order chi connectivity index (χ1) is 10.2. The first kappa shape index (κ1) is 14.8. The quantitative estimate of drug-likeness (QED) is 0.795. The average molecular weight is 293 g/mol. The molecule has 2 atom stereocenters. The molecule has 5 heteroatoms. The Balaban J connectivity index is 1.68. The molecule has 1 aromatic carbocycles. The second kappa shape index (κ2) is 6.32. The molecule has 2 aliphatic rings. The van der Waals surface area contributed by atoms with Crippen LogP contribution >= 0.6 is 0 Å². The van der Waals surface area contributed by atoms with Crippen LogP contribution in [0.5, 0.6) is 5.75 Å². The summed E-state index contributed by atoms with van der Waals surface area (Å²) in [6.45, 7) is 2.46. The van der Waals surface area contributed by atoms with Gasteiger partial charge in [-0.1, -0.05) is 12.1 Å². The summed E-state index contributed by atoms with van der Waals surface area (Å²) in [5.74, 6) is 0.803. The van der Waals surface area contributed by atoms with Crippen molar-refractivity contribution >= 4 is 0 Å². The van der Waals surface area contributed by atoms with Crippen molar-refractivity contribution in [1.29, 1.82) is 0 Å². The highest BCUT2D eigenvalue weighted by Crippen LogP contribution is 2.37. The van der Waals surface area contributed by atoms with Gasteiger partial charge < -0.3 is 24.6 Å². The third-order valence-electron chi connectivity index (χ3n) is 4.23. The lowest BCUT2D eigenvalue weighted by Crippen LogP contribution is -2.58. The zero-order chi connectivity index (χ0) is 14.7. The Morgan fingerprint density at radius 3 is 2.48 bits per heavy atom. The molecule has 0 saturated carbocycles. The minimum absolute atomic E-state index is 0.236. The molecule has 2 heterocycles. The largest absolute Gasteiger partial charge is 0.491 e. The van der Waals surface area contributed by atoms with Crippen molar-refractivity contribution in [3.8, 4) is 5.75 Å². The van der Waals surface area contributed by atoms with Crippen molar-refractivity contribution in [2.75, 3.05) is 33.5 Å². The molecule has 3 rings (SSSR count). The van der Waals surface area contributed by atoms with Crippen LogP contribution in [-0.2, 0) is 15.1 Å². The van der Waals surface area contributed by atoms with Crippen LogP contribution in [0.3, 0.4) is 0 Å². The Hall–Kier alpha value is -1.14. The number of benzene rings is 1. The van der Waals surface area contributed by atoms with E-state index in [1.165, 1.54) is 0 Å². The number of morpholine rings is 1. The molecule has 2 unspecified atom stereocenters. The Morgan fingerprint density at radius 1 is 1.19 bits per heavy atom. The van der Waals surface area contributed by atoms with Crippen LogP contribution in [0.2, 0.25) is 0 Å². The lowest BCUT2D eigenvalue weighted by atomic mass is 9.78. The second-order valence-electron chi connectivity index (χ2n) is 5.90. The summed E-state index contributed by atoms with van der Waals surface area (Å²) >= 11 is 0. The molecule has 0 spiro atoms. The normalized spacial score (nSPS) is 31.9. The predicted octanol–water partition coefficient (Wildman–Crippen LogP) is 1.05. The number of hydrogen-bond donors (Lipinski definition) is 2. The van der Waals surface area contributed by atoms with Crippen molar-refractivity contribution in [2.24, 2.45) is 0 Å². The second-order valence-corrected chi connectivity index (χ2v) is 5.90. The van der Waals surface area contributed by atoms with Gasteiger partial charge in [-0.05, 0) is 30.5 Å². The first-order valence-electron chi connectivity index (χ1n) is 7.48. The number of aliphatic hydroxyl groups is 1. The fourth-order valence-electron chi connectivity index (χ4n) is 3.26. The summed E-state index contributed by atoms with van der Waals surface area (Å²) in [6, 6.07) is 8.23. The number of rotatable bonds is 5. The third kappa shape index (κ3) is 3.37. The Bertz CT molecular complexity index is 450. The lowest BCUT2D eigenvalue weighted by Gasteiger charge is -2.45. The molecule has 2 bridgehead atoms. The van der Waals surface area contributed by atoms with E-state index in [4.69, 9.17) is 14.2 Å². The molecule has 0 aromatic heterocycles. The van der Waals surface area contributed by atoms with Gasteiger partial charge >= 0.3 is 0 Å². The van der Waals surface area contributed by atoms with E-state index in [1.54, 1.807) is 7.11 Å². The number of nitrogens with one attached hydrogen (secondary N) is 1. The fraction of sp³-hybridized carbons (Fsp3) is 0.625. The van der Waals surface area contributed by atoms with Crippen LogP contribution in [0.15, 0.2) is 24.3 Å². The average Bonchev–Trinajstić information content (AvgIpc) is 2.47. The standard InChI is InChI=1S/C16H23NO4/c1-19-6-7-21-15-4-2-12(3-5-15)16(18)8-13-10-20-11-14(9-16)17-13/h2-5,13-14,17-18H,6-11H2,1H3. The third-order valence-corrected chi connectivity index (χ3v) is 4.23. The zero-order valence-electron chi connectivity index (χ0n) is 12.4. The van der Waals surface area contributed by atoms with E-state index in [2.05, 4.69) is 5.32 Å². The van der Waals surface area contributed by atoms with Gasteiger partial charge in [0.15, 0.2) is 0 Å². The van der Waals surface area contributed by atoms with Crippen molar-refractivity contribution < 1.29 is 19.3 Å². The molecule has 0 amide bonds. The summed E-state index contributed by atoms with van der Waals surface area (Å²) in [4.78, 5) is 0. The van der Waals surface area contributed by atoms with Crippen LogP contribution in [-0.4, -0.2) is 50.7 Å². The van der Waals surface area contributed by atoms with Crippen molar-refractivity contribution in [3.63, 3.8) is 0 Å². The van der Waals surface area contributed by atoms with Gasteiger partial charge in [-0.2, -0.15) is 0 Å². The van der Waals surface area contributed by atoms with Crippen molar-refractivity contribution in [3.05, 3.63) is 29.8 Å². The van der Waals surface area contributed by atoms with Crippen LogP contribution < -0.4 is 10.1 Å². The van der Waals surface area contributed by atoms with Crippen LogP contribution in [0, 0.1) is 0 Å². The van der Waals surface area contributed by atoms with Gasteiger partial charge in [0.2, 0.25) is 0 Å². The SMILES string of the molecule is COCCOc1ccc(C2(O)CC3COCC(C2)N3)cc1. The van der Waals surface area contributed by atoms with E-state index in [0.717, 1.165) is 11.3 Å². The van der Waals surface area contributed by atoms with Gasteiger partial charge in [0.05, 0.1) is 25.4 Å². The molecule has 2 saturated heterocycles. The molecule has 21 heavy (non-hydrogen) atoms. The monoisotopic (exact) mass is 293 g/mol. The first-order valence-corrected chi connectivity index (χ1v) is 7.48. The van der Waals surface area contributed by atoms with Crippen molar-refractivity contribution in [1.82, 2.24) is 5.32 Å². The summed E-state index contributed by atoms with van der Waals surface area (Å²) in [6.07, 6.45) is 1.38. The Morgan fingerprint density at radius 2 is 1.86 bits per heavy atom. The molecule has 2 N–H and O–H groups in total. The maximum atomic E-state index is 11.0. The number of fused-ring (bicyclic) bond motifs is 2. The summed E-state index contributed by atoms with van der Waals surface area (Å²) in [7, 11) is 1.65. The molecular formula is C16H23NO4. The highest BCUT2D eigenvalue weighted by molar-refractivity contribution is 5.32. The molecular weight excluding hydrogens is 270 g/mol. The van der Waals surface area contributed by atoms with Gasteiger partial charge in [-0.15, -0.1) is 0 Å². The lowest BCUT2D eigenvalue weighted by molar-refractivity contribution is -0.0802. The van der Waals surface area contributed by atoms with Gasteiger partial charge in [0.1, 0.15) is 12.4 Å². The van der Waals surface area contributed by atoms with E-state index in [9.17, 15) is 5.11 Å². The van der Waals surface area contributed by atoms with E-state index in [0.29, 0.717) is 39.3 Å². The van der Waals surface area contributed by atoms with E-state index < -0.39 is 5.60 Å². The Kier molecular flexibility index (Phi) is 4.45. The number of ether oxygens (including phenoxy) is 3. The minimum atomic E-state index is -0.768. The summed E-state index contributed by atoms with van der Waals surface area (Å²) in [5, 5.41) is 14.5. The maximum Gasteiger partial charge on any atom is 0.119 e. The maximum absolute atomic E-state index is 11.0. The fourth-order valence-corrected chi connectivity index (χ4v) is 3.26. The molecule has 116 valence electrons. The van der Waals surface area contributed by atoms with Gasteiger partial charge in [0, 0.05) is 19.2 Å². The van der Waals surface area contributed by atoms with Crippen LogP contribution in [0.25, 0.3) is 0 Å². The van der Waals surface area contributed by atoms with Gasteiger partial charge in [-0.25, -0.2) is 0 Å². The number of piperidine rings is 1. The van der Waals surface area contributed by atoms with Crippen molar-refractivity contribution in [2.45, 2.75) is 30.5 Å². The van der Waals surface area contributed by atoms with Gasteiger partial charge in [0.25, 0.3) is 0 Å².